The zero-order valence-electron chi connectivity index (χ0n) is 7.26. The number of carbonyl (C=O) groups is 2. The fourth-order valence-corrected chi connectivity index (χ4v) is 0.740. The third kappa shape index (κ3) is 1.84. The predicted molar refractivity (Wildman–Crippen MR) is 41.1 cm³/mol. The summed E-state index contributed by atoms with van der Waals surface area (Å²) in [7, 11) is 1.60. The monoisotopic (exact) mass is 181 g/mol. The first-order valence-electron chi connectivity index (χ1n) is 3.05. The first-order chi connectivity index (χ1) is 4.46. The van der Waals surface area contributed by atoms with Gasteiger partial charge in [0.2, 0.25) is 0 Å². The van der Waals surface area contributed by atoms with Gasteiger partial charge in [0.25, 0.3) is 5.91 Å². The Labute approximate surface area is 108 Å². The van der Waals surface area contributed by atoms with E-state index in [-0.39, 0.29) is 63.3 Å². The smallest absolute Gasteiger partial charge is 0.313 e. The fraction of sp³-hybridized carbons (Fsp3) is 0.667. The summed E-state index contributed by atoms with van der Waals surface area (Å²) in [4.78, 5) is 23.1. The molecule has 0 aliphatic carbocycles. The number of nitrogens with one attached hydrogen (secondary N) is 1. The number of carbonyl (C=O) groups excluding carboxylic acids is 2. The molecule has 57 valence electrons. The second kappa shape index (κ2) is 3.53. The summed E-state index contributed by atoms with van der Waals surface area (Å²) < 4.78 is 0. The van der Waals surface area contributed by atoms with Crippen molar-refractivity contribution < 1.29 is 9.59 Å². The van der Waals surface area contributed by atoms with E-state index in [9.17, 15) is 9.59 Å². The van der Waals surface area contributed by atoms with Crippen molar-refractivity contribution >= 4 is 63.3 Å². The maximum absolute atomic E-state index is 10.9. The summed E-state index contributed by atoms with van der Waals surface area (Å²) >= 11 is 0. The van der Waals surface area contributed by atoms with Gasteiger partial charge in [-0.3, -0.25) is 10.1 Å². The Morgan fingerprint density at radius 3 is 1.91 bits per heavy atom. The van der Waals surface area contributed by atoms with Gasteiger partial charge in [-0.05, 0) is 13.8 Å². The SMILES string of the molecule is CN1C(=O)NC(=O)C1(C)C.[K]. The Kier molecular flexibility index (Phi) is 3.71. The van der Waals surface area contributed by atoms with Crippen LogP contribution < -0.4 is 5.32 Å². The van der Waals surface area contributed by atoms with Crippen LogP contribution in [0.3, 0.4) is 0 Å². The second-order valence-corrected chi connectivity index (χ2v) is 2.88. The molecular weight excluding hydrogens is 171 g/mol. The first-order valence-corrected chi connectivity index (χ1v) is 3.05. The molecule has 0 aromatic heterocycles. The van der Waals surface area contributed by atoms with Crippen molar-refractivity contribution in [2.24, 2.45) is 0 Å². The van der Waals surface area contributed by atoms with Crippen molar-refractivity contribution in [3.05, 3.63) is 0 Å². The van der Waals surface area contributed by atoms with E-state index < -0.39 is 5.54 Å². The van der Waals surface area contributed by atoms with E-state index in [4.69, 9.17) is 0 Å². The number of imide groups is 1. The van der Waals surface area contributed by atoms with Crippen LogP contribution in [0.2, 0.25) is 0 Å². The zero-order valence-corrected chi connectivity index (χ0v) is 10.4. The minimum atomic E-state index is -0.683. The third-order valence-corrected chi connectivity index (χ3v) is 1.92. The number of hydrogen-bond donors (Lipinski definition) is 1. The Bertz CT molecular complexity index is 203. The average molecular weight is 181 g/mol. The van der Waals surface area contributed by atoms with Gasteiger partial charge in [-0.25, -0.2) is 4.79 Å². The largest absolute Gasteiger partial charge is 0.324 e. The van der Waals surface area contributed by atoms with Gasteiger partial charge < -0.3 is 4.90 Å². The van der Waals surface area contributed by atoms with Crippen molar-refractivity contribution in [1.29, 1.82) is 0 Å². The van der Waals surface area contributed by atoms with Crippen LogP contribution >= 0.6 is 0 Å². The van der Waals surface area contributed by atoms with E-state index in [1.807, 2.05) is 0 Å². The molecule has 1 N–H and O–H groups in total. The van der Waals surface area contributed by atoms with Crippen LogP contribution in [0.15, 0.2) is 0 Å². The van der Waals surface area contributed by atoms with E-state index in [0.717, 1.165) is 0 Å². The zero-order chi connectivity index (χ0) is 7.94. The summed E-state index contributed by atoms with van der Waals surface area (Å²) in [6.07, 6.45) is 0. The molecule has 1 heterocycles. The molecule has 1 saturated heterocycles. The first kappa shape index (κ1) is 11.6. The molecule has 0 aromatic carbocycles. The summed E-state index contributed by atoms with van der Waals surface area (Å²) in [5.74, 6) is -0.236. The van der Waals surface area contributed by atoms with Crippen LogP contribution in [0.25, 0.3) is 0 Å². The van der Waals surface area contributed by atoms with Crippen molar-refractivity contribution in [2.75, 3.05) is 7.05 Å². The summed E-state index contributed by atoms with van der Waals surface area (Å²) in [5, 5.41) is 2.20. The molecule has 5 heteroatoms. The molecule has 0 saturated carbocycles. The van der Waals surface area contributed by atoms with E-state index in [1.54, 1.807) is 20.9 Å². The molecule has 1 radical (unpaired) electrons. The van der Waals surface area contributed by atoms with Gasteiger partial charge in [-0.1, -0.05) is 0 Å². The fourth-order valence-electron chi connectivity index (χ4n) is 0.740. The van der Waals surface area contributed by atoms with Crippen LogP contribution in [0.4, 0.5) is 4.79 Å². The van der Waals surface area contributed by atoms with E-state index in [2.05, 4.69) is 5.32 Å². The molecule has 3 amide bonds. The van der Waals surface area contributed by atoms with Gasteiger partial charge in [0.15, 0.2) is 0 Å². The number of amides is 3. The molecule has 0 unspecified atom stereocenters. The Morgan fingerprint density at radius 2 is 1.82 bits per heavy atom. The Balaban J connectivity index is 0.000001000. The molecule has 1 fully saturated rings. The van der Waals surface area contributed by atoms with Gasteiger partial charge in [-0.15, -0.1) is 0 Å². The van der Waals surface area contributed by atoms with Gasteiger partial charge in [0.1, 0.15) is 5.54 Å². The molecule has 1 aliphatic heterocycles. The summed E-state index contributed by atoms with van der Waals surface area (Å²) in [6.45, 7) is 3.40. The number of hydrogen-bond acceptors (Lipinski definition) is 2. The topological polar surface area (TPSA) is 49.4 Å². The van der Waals surface area contributed by atoms with Crippen LogP contribution in [-0.2, 0) is 4.79 Å². The normalized spacial score (nSPS) is 21.2. The molecule has 4 nitrogen and oxygen atoms in total. The maximum Gasteiger partial charge on any atom is 0.324 e. The van der Waals surface area contributed by atoms with Crippen LogP contribution in [0, 0.1) is 0 Å². The summed E-state index contributed by atoms with van der Waals surface area (Å²) in [6, 6.07) is -0.324. The van der Waals surface area contributed by atoms with Gasteiger partial charge >= 0.3 is 6.03 Å². The third-order valence-electron chi connectivity index (χ3n) is 1.92. The van der Waals surface area contributed by atoms with Crippen LogP contribution in [0.1, 0.15) is 13.8 Å². The molecule has 0 spiro atoms. The predicted octanol–water partition coefficient (Wildman–Crippen LogP) is -0.434. The molecule has 1 rings (SSSR count). The van der Waals surface area contributed by atoms with E-state index in [1.165, 1.54) is 4.90 Å². The Hall–Kier alpha value is 0.576. The van der Waals surface area contributed by atoms with Crippen LogP contribution in [-0.4, -0.2) is 80.8 Å². The van der Waals surface area contributed by atoms with E-state index in [0.29, 0.717) is 0 Å². The molecular formula is C6H10KN2O2. The maximum atomic E-state index is 10.9. The summed E-state index contributed by atoms with van der Waals surface area (Å²) in [5.41, 5.74) is -0.683. The van der Waals surface area contributed by atoms with Crippen LogP contribution in [0.5, 0.6) is 0 Å². The number of urea groups is 1. The molecule has 0 atom stereocenters. The molecule has 0 bridgehead atoms. The minimum absolute atomic E-state index is 0. The minimum Gasteiger partial charge on any atom is -0.313 e. The quantitative estimate of drug-likeness (QED) is 0.407. The van der Waals surface area contributed by atoms with Crippen molar-refractivity contribution in [3.8, 4) is 0 Å². The Morgan fingerprint density at radius 1 is 1.36 bits per heavy atom. The van der Waals surface area contributed by atoms with Gasteiger partial charge in [-0.2, -0.15) is 0 Å². The van der Waals surface area contributed by atoms with Crippen molar-refractivity contribution in [1.82, 2.24) is 10.2 Å². The standard InChI is InChI=1S/C6H10N2O2.K/c1-6(2)4(9)7-5(10)8(6)3;/h1-3H3,(H,7,9,10);. The molecule has 11 heavy (non-hydrogen) atoms. The van der Waals surface area contributed by atoms with Gasteiger partial charge in [0, 0.05) is 58.4 Å². The number of rotatable bonds is 0. The van der Waals surface area contributed by atoms with Crippen molar-refractivity contribution in [3.63, 3.8) is 0 Å². The molecule has 1 aliphatic rings. The van der Waals surface area contributed by atoms with Crippen molar-refractivity contribution in [2.45, 2.75) is 19.4 Å². The van der Waals surface area contributed by atoms with Gasteiger partial charge in [0.05, 0.1) is 0 Å². The molecule has 0 aromatic rings. The average Bonchev–Trinajstić information content (AvgIpc) is 1.97. The van der Waals surface area contributed by atoms with E-state index >= 15 is 0 Å². The second-order valence-electron chi connectivity index (χ2n) is 2.88. The number of likely N-dealkylation sites (N-methyl/N-ethyl adjacent to an activating group) is 1. The number of nitrogens with zero attached hydrogens (tertiary/aromatic N) is 1.